The van der Waals surface area contributed by atoms with Gasteiger partial charge in [0, 0.05) is 47.9 Å². The van der Waals surface area contributed by atoms with Gasteiger partial charge in [-0.25, -0.2) is 9.13 Å². The molecule has 0 saturated carbocycles. The molecule has 0 N–H and O–H groups in total. The summed E-state index contributed by atoms with van der Waals surface area (Å²) < 4.78 is 41.3. The van der Waals surface area contributed by atoms with Crippen molar-refractivity contribution in [2.75, 3.05) is 0 Å². The highest BCUT2D eigenvalue weighted by atomic mass is 19.4. The Morgan fingerprint density at radius 2 is 1.38 bits per heavy atom. The molecule has 0 spiro atoms. The third-order valence-electron chi connectivity index (χ3n) is 5.32. The zero-order valence-electron chi connectivity index (χ0n) is 15.7. The van der Waals surface area contributed by atoms with Gasteiger partial charge in [0.15, 0.2) is 24.8 Å². The monoisotopic (exact) mass is 364 g/mol. The first-order valence-corrected chi connectivity index (χ1v) is 9.36. The van der Waals surface area contributed by atoms with Crippen molar-refractivity contribution in [3.8, 4) is 11.1 Å². The quantitative estimate of drug-likeness (QED) is 0.656. The maximum Gasteiger partial charge on any atom is 0.389 e. The molecule has 0 bridgehead atoms. The minimum atomic E-state index is -4.08. The van der Waals surface area contributed by atoms with E-state index in [9.17, 15) is 13.2 Å². The van der Waals surface area contributed by atoms with Crippen molar-refractivity contribution in [3.63, 3.8) is 0 Å². The van der Waals surface area contributed by atoms with Crippen molar-refractivity contribution in [2.45, 2.75) is 71.1 Å². The van der Waals surface area contributed by atoms with Crippen LogP contribution in [0.4, 0.5) is 13.2 Å². The maximum atomic E-state index is 12.4. The van der Waals surface area contributed by atoms with Gasteiger partial charge in [0.1, 0.15) is 13.1 Å². The molecule has 1 aliphatic carbocycles. The zero-order valence-corrected chi connectivity index (χ0v) is 15.7. The molecule has 3 rings (SSSR count). The van der Waals surface area contributed by atoms with Crippen LogP contribution in [0, 0.1) is 0 Å². The molecule has 0 aliphatic heterocycles. The Morgan fingerprint density at radius 3 is 1.85 bits per heavy atom. The van der Waals surface area contributed by atoms with Gasteiger partial charge in [-0.2, -0.15) is 13.2 Å². The fourth-order valence-corrected chi connectivity index (χ4v) is 3.77. The lowest BCUT2D eigenvalue weighted by Crippen LogP contribution is -2.36. The van der Waals surface area contributed by atoms with E-state index in [2.05, 4.69) is 43.8 Å². The number of pyridine rings is 2. The van der Waals surface area contributed by atoms with Crippen LogP contribution in [0.3, 0.4) is 0 Å². The molecule has 2 heterocycles. The fourth-order valence-electron chi connectivity index (χ4n) is 3.77. The van der Waals surface area contributed by atoms with Crippen LogP contribution in [0.1, 0.15) is 57.6 Å². The smallest absolute Gasteiger partial charge is 0.205 e. The third kappa shape index (κ3) is 3.76. The van der Waals surface area contributed by atoms with Gasteiger partial charge in [-0.05, 0) is 11.1 Å². The van der Waals surface area contributed by atoms with E-state index in [0.717, 1.165) is 19.4 Å². The van der Waals surface area contributed by atoms with E-state index in [1.807, 2.05) is 23.0 Å². The molecular weight excluding hydrogens is 337 g/mol. The lowest BCUT2D eigenvalue weighted by molar-refractivity contribution is -0.698. The maximum absolute atomic E-state index is 12.4. The zero-order chi connectivity index (χ0) is 18.9. The molecule has 140 valence electrons. The van der Waals surface area contributed by atoms with E-state index in [1.54, 1.807) is 0 Å². The Morgan fingerprint density at radius 1 is 0.885 bits per heavy atom. The number of hydrogen-bond acceptors (Lipinski definition) is 0. The van der Waals surface area contributed by atoms with Crippen LogP contribution in [-0.2, 0) is 18.5 Å². The lowest BCUT2D eigenvalue weighted by atomic mass is 9.84. The Balaban J connectivity index is 1.86. The van der Waals surface area contributed by atoms with Gasteiger partial charge < -0.3 is 0 Å². The molecule has 5 heteroatoms. The second-order valence-corrected chi connectivity index (χ2v) is 7.72. The summed E-state index contributed by atoms with van der Waals surface area (Å²) in [6.07, 6.45) is 5.89. The molecule has 2 aromatic heterocycles. The number of unbranched alkanes of at least 4 members (excludes halogenated alkanes) is 1. The number of alkyl halides is 3. The number of nitrogens with zero attached hydrogens (tertiary/aromatic N) is 2. The molecule has 0 amide bonds. The summed E-state index contributed by atoms with van der Waals surface area (Å²) >= 11 is 0. The highest BCUT2D eigenvalue weighted by Crippen LogP contribution is 2.47. The first-order chi connectivity index (χ1) is 12.2. The topological polar surface area (TPSA) is 7.76 Å². The summed E-state index contributed by atoms with van der Waals surface area (Å²) in [6, 6.07) is 4.22. The van der Waals surface area contributed by atoms with E-state index in [4.69, 9.17) is 0 Å². The van der Waals surface area contributed by atoms with Crippen molar-refractivity contribution in [1.82, 2.24) is 0 Å². The van der Waals surface area contributed by atoms with Gasteiger partial charge in [0.05, 0.1) is 0 Å². The molecule has 0 aromatic carbocycles. The predicted octanol–water partition coefficient (Wildman–Crippen LogP) is 4.71. The molecule has 0 saturated heterocycles. The summed E-state index contributed by atoms with van der Waals surface area (Å²) in [5.74, 6) is 0. The van der Waals surface area contributed by atoms with Gasteiger partial charge in [-0.3, -0.25) is 0 Å². The predicted molar refractivity (Wildman–Crippen MR) is 94.6 cm³/mol. The summed E-state index contributed by atoms with van der Waals surface area (Å²) in [7, 11) is 0. The average molecular weight is 364 g/mol. The summed E-state index contributed by atoms with van der Waals surface area (Å²) in [4.78, 5) is 0. The number of aryl methyl sites for hydroxylation is 2. The van der Waals surface area contributed by atoms with Crippen LogP contribution < -0.4 is 9.13 Å². The second kappa shape index (κ2) is 7.01. The fraction of sp³-hybridized carbons (Fsp3) is 0.524. The second-order valence-electron chi connectivity index (χ2n) is 7.72. The third-order valence-corrected chi connectivity index (χ3v) is 5.32. The van der Waals surface area contributed by atoms with Gasteiger partial charge >= 0.3 is 6.18 Å². The lowest BCUT2D eigenvalue weighted by Gasteiger charge is -2.18. The number of hydrogen-bond donors (Lipinski definition) is 0. The molecule has 0 atom stereocenters. The summed E-state index contributed by atoms with van der Waals surface area (Å²) in [5.41, 5.74) is 4.77. The number of fused-ring (bicyclic) bond motifs is 3. The van der Waals surface area contributed by atoms with Crippen molar-refractivity contribution >= 4 is 0 Å². The standard InChI is InChI=1S/C21H27F3N2/c1-4-5-10-25-12-7-16-17-8-13-26(11-6-9-21(22,23)24)15-19(17)20(2,3)18(16)14-25/h7-8,12-15H,4-6,9-11H2,1-3H3/q+2. The van der Waals surface area contributed by atoms with Crippen LogP contribution in [0.2, 0.25) is 0 Å². The van der Waals surface area contributed by atoms with E-state index in [-0.39, 0.29) is 11.8 Å². The summed E-state index contributed by atoms with van der Waals surface area (Å²) in [5, 5.41) is 0. The van der Waals surface area contributed by atoms with Gasteiger partial charge in [0.25, 0.3) is 0 Å². The molecule has 1 aliphatic rings. The highest BCUT2D eigenvalue weighted by Gasteiger charge is 2.39. The normalized spacial score (nSPS) is 15.0. The van der Waals surface area contributed by atoms with Gasteiger partial charge in [-0.15, -0.1) is 0 Å². The number of halogens is 3. The van der Waals surface area contributed by atoms with Crippen LogP contribution in [0.25, 0.3) is 11.1 Å². The number of aromatic nitrogens is 2. The minimum Gasteiger partial charge on any atom is -0.205 e. The van der Waals surface area contributed by atoms with Crippen molar-refractivity contribution in [2.24, 2.45) is 0 Å². The van der Waals surface area contributed by atoms with E-state index >= 15 is 0 Å². The molecule has 26 heavy (non-hydrogen) atoms. The Bertz CT molecular complexity index is 794. The van der Waals surface area contributed by atoms with E-state index in [1.165, 1.54) is 22.3 Å². The Kier molecular flexibility index (Phi) is 5.09. The minimum absolute atomic E-state index is 0.108. The molecule has 2 aromatic rings. The first-order valence-electron chi connectivity index (χ1n) is 9.36. The van der Waals surface area contributed by atoms with Crippen LogP contribution in [0.15, 0.2) is 36.9 Å². The average Bonchev–Trinajstić information content (AvgIpc) is 2.79. The van der Waals surface area contributed by atoms with Crippen molar-refractivity contribution < 1.29 is 22.3 Å². The van der Waals surface area contributed by atoms with Crippen LogP contribution >= 0.6 is 0 Å². The van der Waals surface area contributed by atoms with Crippen LogP contribution in [-0.4, -0.2) is 6.18 Å². The van der Waals surface area contributed by atoms with Crippen molar-refractivity contribution in [3.05, 3.63) is 48.0 Å². The SMILES string of the molecule is CCCC[n+]1ccc2c(c1)C(C)(C)c1c[n+](CCCC(F)(F)F)ccc1-2. The molecule has 0 unspecified atom stereocenters. The first kappa shape index (κ1) is 18.9. The van der Waals surface area contributed by atoms with Gasteiger partial charge in [0.2, 0.25) is 0 Å². The molecule has 2 nitrogen and oxygen atoms in total. The van der Waals surface area contributed by atoms with Crippen LogP contribution in [0.5, 0.6) is 0 Å². The molecule has 0 fully saturated rings. The summed E-state index contributed by atoms with van der Waals surface area (Å²) in [6.45, 7) is 7.97. The molecular formula is C21H27F3N2+2. The largest absolute Gasteiger partial charge is 0.389 e. The van der Waals surface area contributed by atoms with Gasteiger partial charge in [-0.1, -0.05) is 27.2 Å². The van der Waals surface area contributed by atoms with Crippen molar-refractivity contribution in [1.29, 1.82) is 0 Å². The molecule has 0 radical (unpaired) electrons. The Hall–Kier alpha value is -1.91. The Labute approximate surface area is 153 Å². The number of rotatable bonds is 6. The highest BCUT2D eigenvalue weighted by molar-refractivity contribution is 5.78. The van der Waals surface area contributed by atoms with E-state index < -0.39 is 12.6 Å². The van der Waals surface area contributed by atoms with E-state index in [0.29, 0.717) is 6.54 Å².